The number of para-hydroxylation sites is 1. The van der Waals surface area contributed by atoms with Gasteiger partial charge in [0.15, 0.2) is 5.43 Å². The summed E-state index contributed by atoms with van der Waals surface area (Å²) in [7, 11) is 0. The average molecular weight is 428 g/mol. The van der Waals surface area contributed by atoms with Crippen LogP contribution in [0.25, 0.3) is 22.3 Å². The van der Waals surface area contributed by atoms with Gasteiger partial charge in [0.1, 0.15) is 11.3 Å². The summed E-state index contributed by atoms with van der Waals surface area (Å²) < 4.78 is 6.37. The van der Waals surface area contributed by atoms with Crippen molar-refractivity contribution in [2.45, 2.75) is 33.7 Å². The van der Waals surface area contributed by atoms with Gasteiger partial charge >= 0.3 is 5.97 Å². The first-order chi connectivity index (χ1) is 15.3. The van der Waals surface area contributed by atoms with Crippen molar-refractivity contribution < 1.29 is 14.3 Å². The summed E-state index contributed by atoms with van der Waals surface area (Å²) in [6.45, 7) is 7.66. The van der Waals surface area contributed by atoms with Gasteiger partial charge in [0.25, 0.3) is 0 Å². The third-order valence-electron chi connectivity index (χ3n) is 5.70. The number of aryl methyl sites for hydroxylation is 2. The highest BCUT2D eigenvalue weighted by Crippen LogP contribution is 2.32. The van der Waals surface area contributed by atoms with Gasteiger partial charge in [0, 0.05) is 22.4 Å². The standard InChI is InChI=1S/C27H25NO4/c1-15-9-11-19(12-10-15)25-17(3)24(29)22-14-16(2)13-21(26(22)32-25)18(4)28-23-8-6-5-7-20(23)27(30)31/h5-14,18,28H,1-4H3,(H,30,31). The number of anilines is 1. The van der Waals surface area contributed by atoms with Crippen LogP contribution in [0.15, 0.2) is 69.9 Å². The van der Waals surface area contributed by atoms with E-state index in [4.69, 9.17) is 4.42 Å². The van der Waals surface area contributed by atoms with Crippen molar-refractivity contribution in [1.29, 1.82) is 0 Å². The lowest BCUT2D eigenvalue weighted by molar-refractivity contribution is 0.0698. The van der Waals surface area contributed by atoms with Gasteiger partial charge in [-0.3, -0.25) is 4.79 Å². The maximum absolute atomic E-state index is 13.3. The molecule has 0 bridgehead atoms. The van der Waals surface area contributed by atoms with Crippen LogP contribution in [0, 0.1) is 20.8 Å². The summed E-state index contributed by atoms with van der Waals surface area (Å²) in [5.74, 6) is -0.455. The van der Waals surface area contributed by atoms with E-state index in [1.54, 1.807) is 31.2 Å². The summed E-state index contributed by atoms with van der Waals surface area (Å²) in [6.07, 6.45) is 0. The second-order valence-corrected chi connectivity index (χ2v) is 8.20. The van der Waals surface area contributed by atoms with Crippen LogP contribution in [0.2, 0.25) is 0 Å². The predicted molar refractivity (Wildman–Crippen MR) is 128 cm³/mol. The number of carbonyl (C=O) groups is 1. The summed E-state index contributed by atoms with van der Waals surface area (Å²) in [5, 5.41) is 13.3. The molecule has 5 heteroatoms. The molecule has 32 heavy (non-hydrogen) atoms. The molecule has 0 aliphatic heterocycles. The van der Waals surface area contributed by atoms with Gasteiger partial charge < -0.3 is 14.8 Å². The van der Waals surface area contributed by atoms with E-state index in [2.05, 4.69) is 5.32 Å². The molecule has 1 unspecified atom stereocenters. The lowest BCUT2D eigenvalue weighted by atomic mass is 9.98. The first kappa shape index (κ1) is 21.4. The second-order valence-electron chi connectivity index (χ2n) is 8.20. The smallest absolute Gasteiger partial charge is 0.337 e. The number of nitrogens with one attached hydrogen (secondary N) is 1. The fourth-order valence-electron chi connectivity index (χ4n) is 3.98. The topological polar surface area (TPSA) is 79.5 Å². The van der Waals surface area contributed by atoms with E-state index in [-0.39, 0.29) is 17.0 Å². The molecule has 5 nitrogen and oxygen atoms in total. The van der Waals surface area contributed by atoms with Gasteiger partial charge in [-0.05, 0) is 51.5 Å². The van der Waals surface area contributed by atoms with Crippen molar-refractivity contribution in [1.82, 2.24) is 0 Å². The Morgan fingerprint density at radius 1 is 0.969 bits per heavy atom. The van der Waals surface area contributed by atoms with E-state index in [0.29, 0.717) is 28.0 Å². The van der Waals surface area contributed by atoms with E-state index in [0.717, 1.165) is 22.3 Å². The lowest BCUT2D eigenvalue weighted by Gasteiger charge is -2.20. The SMILES string of the molecule is Cc1ccc(-c2oc3c(C(C)Nc4ccccc4C(=O)O)cc(C)cc3c(=O)c2C)cc1. The molecule has 0 amide bonds. The molecule has 0 fully saturated rings. The molecule has 0 aliphatic rings. The number of benzene rings is 3. The van der Waals surface area contributed by atoms with Gasteiger partial charge in [-0.2, -0.15) is 0 Å². The Bertz CT molecular complexity index is 1380. The molecule has 4 rings (SSSR count). The Morgan fingerprint density at radius 2 is 1.66 bits per heavy atom. The molecule has 0 saturated heterocycles. The van der Waals surface area contributed by atoms with Gasteiger partial charge in [0.2, 0.25) is 0 Å². The van der Waals surface area contributed by atoms with Crippen molar-refractivity contribution in [2.24, 2.45) is 0 Å². The number of aromatic carboxylic acids is 1. The van der Waals surface area contributed by atoms with Crippen LogP contribution in [-0.4, -0.2) is 11.1 Å². The highest BCUT2D eigenvalue weighted by molar-refractivity contribution is 5.94. The van der Waals surface area contributed by atoms with Crippen LogP contribution < -0.4 is 10.7 Å². The third kappa shape index (κ3) is 3.89. The molecule has 0 radical (unpaired) electrons. The molecule has 162 valence electrons. The van der Waals surface area contributed by atoms with E-state index in [9.17, 15) is 14.7 Å². The van der Waals surface area contributed by atoms with Gasteiger partial charge in [-0.25, -0.2) is 4.79 Å². The van der Waals surface area contributed by atoms with E-state index in [1.165, 1.54) is 0 Å². The van der Waals surface area contributed by atoms with Gasteiger partial charge in [-0.15, -0.1) is 0 Å². The van der Waals surface area contributed by atoms with Crippen LogP contribution >= 0.6 is 0 Å². The minimum atomic E-state index is -1.00. The molecular formula is C27H25NO4. The van der Waals surface area contributed by atoms with Crippen molar-refractivity contribution in [2.75, 3.05) is 5.32 Å². The fourth-order valence-corrected chi connectivity index (χ4v) is 3.98. The Kier molecular flexibility index (Phi) is 5.57. The quantitative estimate of drug-likeness (QED) is 0.393. The molecule has 1 heterocycles. The zero-order valence-electron chi connectivity index (χ0n) is 18.5. The van der Waals surface area contributed by atoms with Crippen molar-refractivity contribution in [3.05, 3.63) is 98.7 Å². The first-order valence-corrected chi connectivity index (χ1v) is 10.5. The molecular weight excluding hydrogens is 402 g/mol. The van der Waals surface area contributed by atoms with Gasteiger partial charge in [-0.1, -0.05) is 48.0 Å². The Labute approximate surface area is 186 Å². The minimum absolute atomic E-state index is 0.0649. The summed E-state index contributed by atoms with van der Waals surface area (Å²) in [6, 6.07) is 18.2. The van der Waals surface area contributed by atoms with Crippen molar-refractivity contribution in [3.63, 3.8) is 0 Å². The number of hydrogen-bond acceptors (Lipinski definition) is 4. The predicted octanol–water partition coefficient (Wildman–Crippen LogP) is 6.26. The zero-order chi connectivity index (χ0) is 23.0. The molecule has 3 aromatic carbocycles. The van der Waals surface area contributed by atoms with Crippen LogP contribution in [0.3, 0.4) is 0 Å². The van der Waals surface area contributed by atoms with Crippen LogP contribution in [0.5, 0.6) is 0 Å². The molecule has 4 aromatic rings. The number of fused-ring (bicyclic) bond motifs is 1. The number of carboxylic acids is 1. The molecule has 1 atom stereocenters. The molecule has 0 saturated carbocycles. The van der Waals surface area contributed by atoms with Crippen LogP contribution in [0.4, 0.5) is 5.69 Å². The highest BCUT2D eigenvalue weighted by Gasteiger charge is 2.20. The Morgan fingerprint density at radius 3 is 2.34 bits per heavy atom. The normalized spacial score (nSPS) is 12.0. The van der Waals surface area contributed by atoms with E-state index in [1.807, 2.05) is 57.2 Å². The summed E-state index contributed by atoms with van der Waals surface area (Å²) in [4.78, 5) is 24.9. The van der Waals surface area contributed by atoms with Crippen molar-refractivity contribution in [3.8, 4) is 11.3 Å². The lowest BCUT2D eigenvalue weighted by Crippen LogP contribution is -2.14. The molecule has 2 N–H and O–H groups in total. The number of rotatable bonds is 5. The highest BCUT2D eigenvalue weighted by atomic mass is 16.4. The molecule has 1 aromatic heterocycles. The van der Waals surface area contributed by atoms with E-state index < -0.39 is 5.97 Å². The monoisotopic (exact) mass is 427 g/mol. The summed E-state index contributed by atoms with van der Waals surface area (Å²) in [5.41, 5.74) is 5.41. The first-order valence-electron chi connectivity index (χ1n) is 10.5. The average Bonchev–Trinajstić information content (AvgIpc) is 2.77. The van der Waals surface area contributed by atoms with E-state index >= 15 is 0 Å². The van der Waals surface area contributed by atoms with Crippen molar-refractivity contribution >= 4 is 22.6 Å². The van der Waals surface area contributed by atoms with Gasteiger partial charge in [0.05, 0.1) is 17.0 Å². The van der Waals surface area contributed by atoms with Crippen LogP contribution in [-0.2, 0) is 0 Å². The largest absolute Gasteiger partial charge is 0.478 e. The zero-order valence-corrected chi connectivity index (χ0v) is 18.5. The fraction of sp³-hybridized carbons (Fsp3) is 0.185. The summed E-state index contributed by atoms with van der Waals surface area (Å²) >= 11 is 0. The third-order valence-corrected chi connectivity index (χ3v) is 5.70. The molecule has 0 aliphatic carbocycles. The maximum Gasteiger partial charge on any atom is 0.337 e. The van der Waals surface area contributed by atoms with Crippen LogP contribution in [0.1, 0.15) is 45.6 Å². The number of hydrogen-bond donors (Lipinski definition) is 2. The number of carboxylic acid groups (broad SMARTS) is 1. The minimum Gasteiger partial charge on any atom is -0.478 e. The second kappa shape index (κ2) is 8.35. The maximum atomic E-state index is 13.3. The Hall–Kier alpha value is -3.86. The molecule has 0 spiro atoms. The Balaban J connectivity index is 1.89.